The lowest BCUT2D eigenvalue weighted by atomic mass is 9.87. The van der Waals surface area contributed by atoms with Crippen molar-refractivity contribution in [3.63, 3.8) is 0 Å². The lowest BCUT2D eigenvalue weighted by molar-refractivity contribution is -0.777. The second-order valence-corrected chi connectivity index (χ2v) is 16.8. The average Bonchev–Trinajstić information content (AvgIpc) is 3.74. The van der Waals surface area contributed by atoms with Crippen LogP contribution in [-0.4, -0.2) is 80.7 Å². The molecule has 5 aromatic rings. The van der Waals surface area contributed by atoms with E-state index in [2.05, 4.69) is 34.3 Å². The number of amides is 4. The van der Waals surface area contributed by atoms with E-state index >= 15 is 8.78 Å². The number of carbonyl (C=O) groups is 4. The van der Waals surface area contributed by atoms with Crippen molar-refractivity contribution in [3.05, 3.63) is 88.7 Å². The first-order valence-corrected chi connectivity index (χ1v) is 20.8. The summed E-state index contributed by atoms with van der Waals surface area (Å²) in [6, 6.07) is 14.2. The number of hydrogen-bond donors (Lipinski definition) is 2. The number of hydrogen-bond acceptors (Lipinski definition) is 8. The smallest absolute Gasteiger partial charge is 0.258 e. The number of nitrogens with one attached hydrogen (secondary N) is 2. The number of pyridine rings is 1. The average molecular weight is 821 g/mol. The Bertz CT molecular complexity index is 2510. The van der Waals surface area contributed by atoms with Gasteiger partial charge in [-0.1, -0.05) is 17.7 Å². The van der Waals surface area contributed by atoms with Gasteiger partial charge in [0.15, 0.2) is 18.9 Å². The number of fused-ring (bicyclic) bond motifs is 7. The van der Waals surface area contributed by atoms with E-state index < -0.39 is 29.4 Å². The monoisotopic (exact) mass is 820 g/mol. The molecule has 4 aliphatic heterocycles. The maximum atomic E-state index is 15.2. The number of benzene rings is 2. The van der Waals surface area contributed by atoms with Crippen LogP contribution in [0.3, 0.4) is 0 Å². The van der Waals surface area contributed by atoms with Crippen molar-refractivity contribution in [3.8, 4) is 11.4 Å². The van der Waals surface area contributed by atoms with Gasteiger partial charge in [-0.05, 0) is 92.8 Å². The summed E-state index contributed by atoms with van der Waals surface area (Å²) in [6.07, 6.45) is 5.27. The number of imide groups is 1. The molecule has 0 unspecified atom stereocenters. The van der Waals surface area contributed by atoms with Gasteiger partial charge in [0, 0.05) is 72.6 Å². The zero-order valence-corrected chi connectivity index (χ0v) is 33.9. The fraction of sp³-hybridized carbons (Fsp3) is 0.432. The van der Waals surface area contributed by atoms with Crippen LogP contribution < -0.4 is 25.1 Å². The zero-order valence-electron chi connectivity index (χ0n) is 33.9. The third-order valence-electron chi connectivity index (χ3n) is 12.5. The molecule has 2 N–H and O–H groups in total. The van der Waals surface area contributed by atoms with Gasteiger partial charge in [-0.25, -0.2) is 13.8 Å². The Balaban J connectivity index is 0.871. The van der Waals surface area contributed by atoms with Crippen molar-refractivity contribution < 1.29 is 37.5 Å². The molecule has 2 bridgehead atoms. The minimum Gasteiger partial charge on any atom is -0.370 e. The lowest BCUT2D eigenvalue weighted by Gasteiger charge is -2.43. The summed E-state index contributed by atoms with van der Waals surface area (Å²) in [4.78, 5) is 72.5. The fourth-order valence-electron chi connectivity index (χ4n) is 9.17. The Labute approximate surface area is 345 Å². The van der Waals surface area contributed by atoms with Crippen molar-refractivity contribution in [1.82, 2.24) is 29.6 Å². The van der Waals surface area contributed by atoms with E-state index in [9.17, 15) is 19.2 Å². The number of nitrogens with zero attached hydrogens (tertiary/aromatic N) is 7. The summed E-state index contributed by atoms with van der Waals surface area (Å²) in [5.41, 5.74) is 5.43. The van der Waals surface area contributed by atoms with Gasteiger partial charge in [-0.2, -0.15) is 0 Å². The molecule has 0 saturated carbocycles. The molecule has 60 heavy (non-hydrogen) atoms. The second kappa shape index (κ2) is 15.8. The highest BCUT2D eigenvalue weighted by Crippen LogP contribution is 2.36. The summed E-state index contributed by atoms with van der Waals surface area (Å²) in [7, 11) is 1.90. The highest BCUT2D eigenvalue weighted by molar-refractivity contribution is 6.05. The van der Waals surface area contributed by atoms with Crippen molar-refractivity contribution in [1.29, 1.82) is 0 Å². The van der Waals surface area contributed by atoms with Gasteiger partial charge in [0.25, 0.3) is 5.91 Å². The molecule has 0 radical (unpaired) electrons. The van der Waals surface area contributed by atoms with Crippen LogP contribution in [0.15, 0.2) is 54.7 Å². The summed E-state index contributed by atoms with van der Waals surface area (Å²) >= 11 is 0. The minimum atomic E-state index is -1.06. The highest BCUT2D eigenvalue weighted by Gasteiger charge is 2.39. The number of likely N-dealkylation sites (tertiary alicyclic amines) is 1. The number of anilines is 2. The zero-order chi connectivity index (χ0) is 41.8. The summed E-state index contributed by atoms with van der Waals surface area (Å²) < 4.78 is 34.3. The Morgan fingerprint density at radius 1 is 0.917 bits per heavy atom. The number of aryl methyl sites for hydroxylation is 2. The molecule has 312 valence electrons. The lowest BCUT2D eigenvalue weighted by Crippen LogP contribution is -2.55. The fourth-order valence-corrected chi connectivity index (χ4v) is 9.17. The molecule has 3 saturated heterocycles. The molecule has 7 heterocycles. The third kappa shape index (κ3) is 7.47. The van der Waals surface area contributed by atoms with Gasteiger partial charge in [0.2, 0.25) is 23.7 Å². The number of aromatic nitrogens is 5. The van der Waals surface area contributed by atoms with Gasteiger partial charge in [0.05, 0.1) is 28.6 Å². The van der Waals surface area contributed by atoms with Crippen molar-refractivity contribution in [2.75, 3.05) is 43.0 Å². The maximum Gasteiger partial charge on any atom is 0.258 e. The molecule has 3 aromatic heterocycles. The Morgan fingerprint density at radius 2 is 1.68 bits per heavy atom. The van der Waals surface area contributed by atoms with E-state index in [0.717, 1.165) is 48.0 Å². The largest absolute Gasteiger partial charge is 0.370 e. The predicted molar refractivity (Wildman–Crippen MR) is 217 cm³/mol. The van der Waals surface area contributed by atoms with Crippen molar-refractivity contribution in [2.45, 2.75) is 70.8 Å². The van der Waals surface area contributed by atoms with Crippen molar-refractivity contribution >= 4 is 46.3 Å². The first kappa shape index (κ1) is 39.3. The van der Waals surface area contributed by atoms with Crippen LogP contribution in [0.1, 0.15) is 84.5 Å². The minimum absolute atomic E-state index is 0.0215. The predicted octanol–water partition coefficient (Wildman–Crippen LogP) is 4.78. The molecular formula is C44H48F2N9O5+. The SMILES string of the molecule is Cc1cc2cc(n1)-c1cc[n+](C)n1OCCC[C@@H](C)Cn1c(nc3ccc(C4CCN(C(=O)C5CN(c6cc(F)c([C@H]7CCC(=O)NC7=O)c(F)c6)C5)CC4)cc31)NC2=O. The molecule has 0 spiro atoms. The Hall–Kier alpha value is -6.19. The van der Waals surface area contributed by atoms with E-state index in [1.54, 1.807) is 21.9 Å². The van der Waals surface area contributed by atoms with Crippen molar-refractivity contribution in [2.24, 2.45) is 18.9 Å². The topological polar surface area (TPSA) is 148 Å². The van der Waals surface area contributed by atoms with Crippen LogP contribution in [0.5, 0.6) is 0 Å². The van der Waals surface area contributed by atoms with Gasteiger partial charge < -0.3 is 19.2 Å². The van der Waals surface area contributed by atoms with Crippen LogP contribution in [0, 0.1) is 30.4 Å². The summed E-state index contributed by atoms with van der Waals surface area (Å²) in [6.45, 7) is 7.09. The molecule has 9 rings (SSSR count). The summed E-state index contributed by atoms with van der Waals surface area (Å²) in [5, 5.41) is 5.27. The number of carbonyl (C=O) groups excluding carboxylic acids is 4. The molecule has 2 aromatic carbocycles. The van der Waals surface area contributed by atoms with Gasteiger partial charge in [-0.15, -0.1) is 0 Å². The molecule has 0 aliphatic carbocycles. The van der Waals surface area contributed by atoms with Crippen LogP contribution >= 0.6 is 0 Å². The molecule has 14 nitrogen and oxygen atoms in total. The van der Waals surface area contributed by atoms with E-state index in [0.29, 0.717) is 67.9 Å². The first-order valence-electron chi connectivity index (χ1n) is 20.8. The van der Waals surface area contributed by atoms with Gasteiger partial charge >= 0.3 is 0 Å². The molecular weight excluding hydrogens is 773 g/mol. The Kier molecular flexibility index (Phi) is 10.3. The maximum absolute atomic E-state index is 15.2. The molecule has 4 aliphatic rings. The number of rotatable bonds is 4. The van der Waals surface area contributed by atoms with Gasteiger partial charge in [0.1, 0.15) is 18.2 Å². The summed E-state index contributed by atoms with van der Waals surface area (Å²) in [5.74, 6) is -3.45. The number of halogens is 2. The normalized spacial score (nSPS) is 20.6. The second-order valence-electron chi connectivity index (χ2n) is 16.8. The van der Waals surface area contributed by atoms with Crippen LogP contribution in [0.25, 0.3) is 22.4 Å². The van der Waals surface area contributed by atoms with Crippen LogP contribution in [0.4, 0.5) is 20.4 Å². The molecule has 3 fully saturated rings. The van der Waals surface area contributed by atoms with Crippen LogP contribution in [-0.2, 0) is 28.0 Å². The van der Waals surface area contributed by atoms with Crippen LogP contribution in [0.2, 0.25) is 0 Å². The quantitative estimate of drug-likeness (QED) is 0.195. The number of imidazole rings is 1. The molecule has 4 amide bonds. The Morgan fingerprint density at radius 3 is 2.43 bits per heavy atom. The highest BCUT2D eigenvalue weighted by atomic mass is 19.1. The molecule has 2 atom stereocenters. The van der Waals surface area contributed by atoms with E-state index in [4.69, 9.17) is 14.8 Å². The molecule has 16 heteroatoms. The standard InChI is InChI=1S/C44H47F2N9O5/c1-25-5-4-16-60-55-37(12-13-51(55)3)36-18-29(17-26(2)47-36)41(57)50-44-48-35-8-6-28(19-38(35)54(44)22-25)27-10-14-52(15-11-27)43(59)30-23-53(24-30)31-20-33(45)40(34(46)21-31)32-7-9-39(56)49-42(32)58/h6,8,12-13,17-21,25,27,30,32H,4-5,7,9-11,14-16,22-24H2,1-3H3,(H-,48,49,50,56,57,58)/p+1/t25-,32-/m1/s1. The van der Waals surface area contributed by atoms with E-state index in [1.807, 2.05) is 41.9 Å². The first-order chi connectivity index (χ1) is 28.9. The van der Waals surface area contributed by atoms with Gasteiger partial charge in [-0.3, -0.25) is 34.8 Å². The number of piperidine rings is 2. The van der Waals surface area contributed by atoms with E-state index in [-0.39, 0.29) is 48.0 Å². The van der Waals surface area contributed by atoms with E-state index in [1.165, 1.54) is 12.1 Å². The third-order valence-corrected chi connectivity index (χ3v) is 12.5.